The third-order valence-electron chi connectivity index (χ3n) is 8.61. The van der Waals surface area contributed by atoms with Gasteiger partial charge >= 0.3 is 0 Å². The van der Waals surface area contributed by atoms with E-state index in [4.69, 9.17) is 11.6 Å². The topological polar surface area (TPSA) is 65.0 Å². The molecular weight excluding hydrogens is 472 g/mol. The van der Waals surface area contributed by atoms with Crippen LogP contribution in [0.25, 0.3) is 0 Å². The third-order valence-corrected chi connectivity index (χ3v) is 8.83. The summed E-state index contributed by atoms with van der Waals surface area (Å²) in [5.41, 5.74) is 4.17. The largest absolute Gasteiger partial charge is 0.369 e. The number of nitrogens with one attached hydrogen (secondary N) is 1. The number of anilines is 1. The van der Waals surface area contributed by atoms with Crippen LogP contribution in [0.5, 0.6) is 0 Å². The number of dihydropyridines is 1. The molecule has 0 bridgehead atoms. The third kappa shape index (κ3) is 5.70. The number of aliphatic imine (C=N–C) groups is 1. The molecule has 1 aromatic carbocycles. The van der Waals surface area contributed by atoms with Crippen molar-refractivity contribution in [2.75, 3.05) is 25.0 Å². The molecule has 0 saturated heterocycles. The zero-order valence-corrected chi connectivity index (χ0v) is 23.2. The Morgan fingerprint density at radius 3 is 2.28 bits per heavy atom. The van der Waals surface area contributed by atoms with Crippen molar-refractivity contribution in [2.24, 2.45) is 10.9 Å². The fourth-order valence-electron chi connectivity index (χ4n) is 6.14. The summed E-state index contributed by atoms with van der Waals surface area (Å²) in [5, 5.41) is 3.52. The Morgan fingerprint density at radius 2 is 1.69 bits per heavy atom. The Bertz CT molecular complexity index is 1050. The Labute approximate surface area is 221 Å². The van der Waals surface area contributed by atoms with Gasteiger partial charge in [0.25, 0.3) is 11.8 Å². The van der Waals surface area contributed by atoms with Gasteiger partial charge in [-0.2, -0.15) is 0 Å². The first-order valence-electron chi connectivity index (χ1n) is 13.5. The molecule has 3 aliphatic rings. The van der Waals surface area contributed by atoms with Crippen LogP contribution < -0.4 is 10.2 Å². The van der Waals surface area contributed by atoms with E-state index in [1.807, 2.05) is 32.9 Å². The second-order valence-electron chi connectivity index (χ2n) is 10.8. The van der Waals surface area contributed by atoms with E-state index in [0.29, 0.717) is 28.4 Å². The van der Waals surface area contributed by atoms with E-state index >= 15 is 0 Å². The van der Waals surface area contributed by atoms with Crippen LogP contribution in [0.3, 0.4) is 0 Å². The molecule has 6 nitrogen and oxygen atoms in total. The standard InChI is InChI=1S/C29H41ClN4O2/c1-6-34(24-12-10-23(11-13-24)33(5)22-8-7-9-22)27-16-21(30)15-25(20(27)4)28(35)31-17-26-18(2)14-19(3)32-29(26)36/h14-16,22-24,26H,6-13,17H2,1-5H3,(H,31,35). The number of hydrogen-bond donors (Lipinski definition) is 1. The number of carbonyl (C=O) groups is 2. The summed E-state index contributed by atoms with van der Waals surface area (Å²) in [4.78, 5) is 34.7. The highest BCUT2D eigenvalue weighted by Gasteiger charge is 2.33. The summed E-state index contributed by atoms with van der Waals surface area (Å²) in [5.74, 6) is -0.825. The quantitative estimate of drug-likeness (QED) is 0.495. The van der Waals surface area contributed by atoms with Gasteiger partial charge in [0, 0.05) is 53.2 Å². The fourth-order valence-corrected chi connectivity index (χ4v) is 6.35. The molecule has 4 rings (SSSR count). The monoisotopic (exact) mass is 512 g/mol. The van der Waals surface area contributed by atoms with Crippen LogP contribution in [0.1, 0.15) is 81.6 Å². The normalized spacial score (nSPS) is 24.8. The van der Waals surface area contributed by atoms with Gasteiger partial charge in [-0.15, -0.1) is 0 Å². The molecule has 2 amide bonds. The van der Waals surface area contributed by atoms with Gasteiger partial charge in [-0.25, -0.2) is 4.99 Å². The van der Waals surface area contributed by atoms with Gasteiger partial charge in [0.2, 0.25) is 0 Å². The first-order chi connectivity index (χ1) is 17.2. The molecule has 1 N–H and O–H groups in total. The lowest BCUT2D eigenvalue weighted by Gasteiger charge is -2.45. The average molecular weight is 513 g/mol. The molecule has 2 fully saturated rings. The number of allylic oxidation sites excluding steroid dienone is 1. The molecule has 0 aromatic heterocycles. The van der Waals surface area contributed by atoms with E-state index in [9.17, 15) is 9.59 Å². The number of nitrogens with zero attached hydrogens (tertiary/aromatic N) is 3. The number of hydrogen-bond acceptors (Lipinski definition) is 4. The van der Waals surface area contributed by atoms with E-state index in [-0.39, 0.29) is 18.4 Å². The second-order valence-corrected chi connectivity index (χ2v) is 11.3. The number of benzene rings is 1. The van der Waals surface area contributed by atoms with Crippen LogP contribution in [0.15, 0.2) is 28.8 Å². The Kier molecular flexibility index (Phi) is 8.56. The summed E-state index contributed by atoms with van der Waals surface area (Å²) in [6.07, 6.45) is 10.7. The van der Waals surface area contributed by atoms with Crippen LogP contribution in [0.2, 0.25) is 5.02 Å². The lowest BCUT2D eigenvalue weighted by molar-refractivity contribution is -0.120. The van der Waals surface area contributed by atoms with Crippen molar-refractivity contribution in [1.82, 2.24) is 10.2 Å². The van der Waals surface area contributed by atoms with Crippen molar-refractivity contribution in [2.45, 2.75) is 90.8 Å². The maximum absolute atomic E-state index is 13.2. The van der Waals surface area contributed by atoms with Crippen molar-refractivity contribution in [3.05, 3.63) is 39.9 Å². The Morgan fingerprint density at radius 1 is 1.06 bits per heavy atom. The summed E-state index contributed by atoms with van der Waals surface area (Å²) in [7, 11) is 2.31. The average Bonchev–Trinajstić information content (AvgIpc) is 2.80. The van der Waals surface area contributed by atoms with Crippen LogP contribution >= 0.6 is 11.6 Å². The van der Waals surface area contributed by atoms with Crippen LogP contribution in [0, 0.1) is 12.8 Å². The molecule has 36 heavy (non-hydrogen) atoms. The summed E-state index contributed by atoms with van der Waals surface area (Å²) >= 11 is 6.54. The van der Waals surface area contributed by atoms with Gasteiger partial charge in [0.1, 0.15) is 0 Å². The molecule has 1 aromatic rings. The second kappa shape index (κ2) is 11.5. The molecular formula is C29H41ClN4O2. The van der Waals surface area contributed by atoms with Crippen LogP contribution in [-0.2, 0) is 4.79 Å². The molecule has 0 spiro atoms. The molecule has 7 heteroatoms. The van der Waals surface area contributed by atoms with E-state index in [0.717, 1.165) is 42.3 Å². The Balaban J connectivity index is 1.45. The maximum Gasteiger partial charge on any atom is 0.254 e. The maximum atomic E-state index is 13.2. The SMILES string of the molecule is CCN(c1cc(Cl)cc(C(=O)NCC2C(=O)N=C(C)C=C2C)c1C)C1CCC(N(C)C2CCC2)CC1. The minimum absolute atomic E-state index is 0.202. The first kappa shape index (κ1) is 26.9. The minimum Gasteiger partial charge on any atom is -0.369 e. The summed E-state index contributed by atoms with van der Waals surface area (Å²) < 4.78 is 0. The Hall–Kier alpha value is -2.18. The van der Waals surface area contributed by atoms with Gasteiger partial charge < -0.3 is 15.1 Å². The number of amides is 2. The zero-order chi connectivity index (χ0) is 26.0. The predicted octanol–water partition coefficient (Wildman–Crippen LogP) is 5.56. The van der Waals surface area contributed by atoms with Crippen LogP contribution in [-0.4, -0.2) is 60.7 Å². The highest BCUT2D eigenvalue weighted by Crippen LogP contribution is 2.36. The lowest BCUT2D eigenvalue weighted by Crippen LogP contribution is -2.48. The summed E-state index contributed by atoms with van der Waals surface area (Å²) in [6.45, 7) is 9.00. The number of halogens is 1. The molecule has 1 aliphatic heterocycles. The molecule has 2 saturated carbocycles. The van der Waals surface area contributed by atoms with Crippen molar-refractivity contribution in [1.29, 1.82) is 0 Å². The first-order valence-corrected chi connectivity index (χ1v) is 13.9. The number of rotatable bonds is 8. The smallest absolute Gasteiger partial charge is 0.254 e. The highest BCUT2D eigenvalue weighted by atomic mass is 35.5. The molecule has 1 unspecified atom stereocenters. The van der Waals surface area contributed by atoms with E-state index in [1.165, 1.54) is 32.1 Å². The molecule has 2 aliphatic carbocycles. The lowest BCUT2D eigenvalue weighted by atomic mass is 9.85. The summed E-state index contributed by atoms with van der Waals surface area (Å²) in [6, 6.07) is 5.65. The number of carbonyl (C=O) groups excluding carboxylic acids is 2. The van der Waals surface area contributed by atoms with Crippen molar-refractivity contribution < 1.29 is 9.59 Å². The van der Waals surface area contributed by atoms with Gasteiger partial charge in [0.05, 0.1) is 5.92 Å². The van der Waals surface area contributed by atoms with Crippen molar-refractivity contribution >= 4 is 34.8 Å². The molecule has 1 atom stereocenters. The molecule has 0 radical (unpaired) electrons. The predicted molar refractivity (Wildman–Crippen MR) is 148 cm³/mol. The van der Waals surface area contributed by atoms with Crippen molar-refractivity contribution in [3.63, 3.8) is 0 Å². The van der Waals surface area contributed by atoms with E-state index < -0.39 is 5.92 Å². The van der Waals surface area contributed by atoms with Crippen molar-refractivity contribution in [3.8, 4) is 0 Å². The molecule has 196 valence electrons. The van der Waals surface area contributed by atoms with Gasteiger partial charge in [0.15, 0.2) is 0 Å². The van der Waals surface area contributed by atoms with E-state index in [2.05, 4.69) is 34.1 Å². The van der Waals surface area contributed by atoms with E-state index in [1.54, 1.807) is 6.07 Å². The zero-order valence-electron chi connectivity index (χ0n) is 22.4. The minimum atomic E-state index is -0.419. The van der Waals surface area contributed by atoms with Crippen LogP contribution in [0.4, 0.5) is 5.69 Å². The van der Waals surface area contributed by atoms with Gasteiger partial charge in [-0.1, -0.05) is 23.6 Å². The van der Waals surface area contributed by atoms with Gasteiger partial charge in [-0.3, -0.25) is 9.59 Å². The van der Waals surface area contributed by atoms with Gasteiger partial charge in [-0.05, 0) is 97.0 Å². The highest BCUT2D eigenvalue weighted by molar-refractivity contribution is 6.31. The molecule has 1 heterocycles. The fraction of sp³-hybridized carbons (Fsp3) is 0.621.